The Balaban J connectivity index is 1.74. The van der Waals surface area contributed by atoms with Gasteiger partial charge in [0.05, 0.1) is 12.2 Å². The van der Waals surface area contributed by atoms with Crippen molar-refractivity contribution >= 4 is 0 Å². The van der Waals surface area contributed by atoms with Gasteiger partial charge in [0.1, 0.15) is 0 Å². The molecule has 2 fully saturated rings. The number of hydrogen-bond donors (Lipinski definition) is 2. The molecule has 3 N–H and O–H groups in total. The van der Waals surface area contributed by atoms with Gasteiger partial charge in [-0.05, 0) is 32.4 Å². The molecule has 2 aliphatic heterocycles. The number of piperidine rings is 1. The standard InChI is InChI=1S/C10H20N2O2/c11-8-1-4-12(5-2-8)7-10-9(13)3-6-14-10/h8-10,13H,1-7,11H2/t9?,10-/m1/s1. The van der Waals surface area contributed by atoms with Crippen LogP contribution in [-0.4, -0.2) is 54.5 Å². The lowest BCUT2D eigenvalue weighted by Crippen LogP contribution is -2.44. The minimum absolute atomic E-state index is 0.0318. The second-order valence-electron chi connectivity index (χ2n) is 4.40. The lowest BCUT2D eigenvalue weighted by Gasteiger charge is -2.32. The second-order valence-corrected chi connectivity index (χ2v) is 4.40. The molecular weight excluding hydrogens is 180 g/mol. The van der Waals surface area contributed by atoms with Gasteiger partial charge in [-0.2, -0.15) is 0 Å². The maximum atomic E-state index is 9.60. The van der Waals surface area contributed by atoms with E-state index < -0.39 is 0 Å². The molecule has 0 radical (unpaired) electrons. The van der Waals surface area contributed by atoms with Crippen molar-refractivity contribution in [3.63, 3.8) is 0 Å². The summed E-state index contributed by atoms with van der Waals surface area (Å²) in [6, 6.07) is 0.376. The van der Waals surface area contributed by atoms with Gasteiger partial charge in [-0.15, -0.1) is 0 Å². The predicted octanol–water partition coefficient (Wildman–Crippen LogP) is -0.441. The summed E-state index contributed by atoms with van der Waals surface area (Å²) in [4.78, 5) is 2.35. The number of aliphatic hydroxyl groups excluding tert-OH is 1. The Kier molecular flexibility index (Phi) is 3.38. The Morgan fingerprint density at radius 3 is 2.57 bits per heavy atom. The van der Waals surface area contributed by atoms with Crippen LogP contribution in [0.5, 0.6) is 0 Å². The van der Waals surface area contributed by atoms with E-state index in [-0.39, 0.29) is 12.2 Å². The molecule has 0 aromatic rings. The molecule has 2 saturated heterocycles. The van der Waals surface area contributed by atoms with Gasteiger partial charge in [-0.3, -0.25) is 0 Å². The first-order chi connectivity index (χ1) is 6.75. The maximum absolute atomic E-state index is 9.60. The minimum atomic E-state index is -0.259. The van der Waals surface area contributed by atoms with Crippen LogP contribution in [0.4, 0.5) is 0 Å². The number of nitrogens with two attached hydrogens (primary N) is 1. The van der Waals surface area contributed by atoms with E-state index in [1.165, 1.54) is 0 Å². The van der Waals surface area contributed by atoms with Gasteiger partial charge in [0, 0.05) is 19.2 Å². The van der Waals surface area contributed by atoms with Crippen molar-refractivity contribution in [2.24, 2.45) is 5.73 Å². The highest BCUT2D eigenvalue weighted by Gasteiger charge is 2.29. The summed E-state index contributed by atoms with van der Waals surface area (Å²) in [7, 11) is 0. The summed E-state index contributed by atoms with van der Waals surface area (Å²) >= 11 is 0. The molecule has 0 bridgehead atoms. The molecule has 82 valence electrons. The SMILES string of the molecule is NC1CCN(C[C@H]2OCCC2O)CC1. The highest BCUT2D eigenvalue weighted by molar-refractivity contribution is 4.81. The number of rotatable bonds is 2. The molecule has 0 amide bonds. The molecule has 0 aromatic carbocycles. The van der Waals surface area contributed by atoms with Gasteiger partial charge in [0.25, 0.3) is 0 Å². The topological polar surface area (TPSA) is 58.7 Å². The normalized spacial score (nSPS) is 36.4. The van der Waals surface area contributed by atoms with Crippen molar-refractivity contribution in [3.8, 4) is 0 Å². The quantitative estimate of drug-likeness (QED) is 0.634. The first kappa shape index (κ1) is 10.4. The van der Waals surface area contributed by atoms with E-state index in [0.717, 1.165) is 38.9 Å². The molecule has 14 heavy (non-hydrogen) atoms. The van der Waals surface area contributed by atoms with E-state index in [2.05, 4.69) is 4.90 Å². The van der Waals surface area contributed by atoms with E-state index >= 15 is 0 Å². The Hall–Kier alpha value is -0.160. The molecule has 0 aromatic heterocycles. The van der Waals surface area contributed by atoms with Gasteiger partial charge in [-0.25, -0.2) is 0 Å². The zero-order valence-corrected chi connectivity index (χ0v) is 8.56. The molecule has 0 saturated carbocycles. The molecule has 2 atom stereocenters. The summed E-state index contributed by atoms with van der Waals surface area (Å²) in [5.74, 6) is 0. The molecule has 1 unspecified atom stereocenters. The Bertz CT molecular complexity index is 181. The van der Waals surface area contributed by atoms with Crippen LogP contribution < -0.4 is 5.73 Å². The Morgan fingerprint density at radius 1 is 1.29 bits per heavy atom. The smallest absolute Gasteiger partial charge is 0.0961 e. The van der Waals surface area contributed by atoms with Crippen molar-refractivity contribution in [2.45, 2.75) is 37.5 Å². The van der Waals surface area contributed by atoms with Crippen LogP contribution in [0.3, 0.4) is 0 Å². The molecule has 4 nitrogen and oxygen atoms in total. The number of hydrogen-bond acceptors (Lipinski definition) is 4. The third-order valence-corrected chi connectivity index (χ3v) is 3.25. The second kappa shape index (κ2) is 4.57. The van der Waals surface area contributed by atoms with Crippen molar-refractivity contribution in [2.75, 3.05) is 26.2 Å². The zero-order valence-electron chi connectivity index (χ0n) is 8.56. The minimum Gasteiger partial charge on any atom is -0.390 e. The third-order valence-electron chi connectivity index (χ3n) is 3.25. The van der Waals surface area contributed by atoms with Gasteiger partial charge in [0.2, 0.25) is 0 Å². The van der Waals surface area contributed by atoms with Crippen LogP contribution in [0.25, 0.3) is 0 Å². The van der Waals surface area contributed by atoms with Gasteiger partial charge in [0.15, 0.2) is 0 Å². The number of likely N-dealkylation sites (tertiary alicyclic amines) is 1. The van der Waals surface area contributed by atoms with E-state index in [1.807, 2.05) is 0 Å². The van der Waals surface area contributed by atoms with E-state index in [4.69, 9.17) is 10.5 Å². The fourth-order valence-electron chi connectivity index (χ4n) is 2.20. The van der Waals surface area contributed by atoms with E-state index in [0.29, 0.717) is 12.6 Å². The van der Waals surface area contributed by atoms with Crippen LogP contribution in [0.15, 0.2) is 0 Å². The largest absolute Gasteiger partial charge is 0.390 e. The number of nitrogens with zero attached hydrogens (tertiary/aromatic N) is 1. The Labute approximate surface area is 85.0 Å². The summed E-state index contributed by atoms with van der Waals surface area (Å²) in [5, 5.41) is 9.60. The number of aliphatic hydroxyl groups is 1. The average molecular weight is 200 g/mol. The van der Waals surface area contributed by atoms with Crippen LogP contribution in [-0.2, 0) is 4.74 Å². The van der Waals surface area contributed by atoms with Gasteiger partial charge < -0.3 is 20.5 Å². The lowest BCUT2D eigenvalue weighted by atomic mass is 10.1. The molecule has 2 rings (SSSR count). The summed E-state index contributed by atoms with van der Waals surface area (Å²) < 4.78 is 5.47. The highest BCUT2D eigenvalue weighted by atomic mass is 16.5. The molecular formula is C10H20N2O2. The fraction of sp³-hybridized carbons (Fsp3) is 1.00. The fourth-order valence-corrected chi connectivity index (χ4v) is 2.20. The molecule has 0 aliphatic carbocycles. The van der Waals surface area contributed by atoms with E-state index in [9.17, 15) is 5.11 Å². The van der Waals surface area contributed by atoms with Crippen LogP contribution in [0.2, 0.25) is 0 Å². The van der Waals surface area contributed by atoms with Crippen LogP contribution >= 0.6 is 0 Å². The highest BCUT2D eigenvalue weighted by Crippen LogP contribution is 2.16. The maximum Gasteiger partial charge on any atom is 0.0961 e. The average Bonchev–Trinajstić information content (AvgIpc) is 2.56. The first-order valence-electron chi connectivity index (χ1n) is 5.53. The molecule has 0 spiro atoms. The van der Waals surface area contributed by atoms with Gasteiger partial charge >= 0.3 is 0 Å². The molecule has 4 heteroatoms. The monoisotopic (exact) mass is 200 g/mol. The first-order valence-corrected chi connectivity index (χ1v) is 5.53. The van der Waals surface area contributed by atoms with Crippen LogP contribution in [0, 0.1) is 0 Å². The third kappa shape index (κ3) is 2.45. The summed E-state index contributed by atoms with van der Waals surface area (Å²) in [6.45, 7) is 3.68. The summed E-state index contributed by atoms with van der Waals surface area (Å²) in [6.07, 6.45) is 2.71. The van der Waals surface area contributed by atoms with Crippen LogP contribution in [0.1, 0.15) is 19.3 Å². The Morgan fingerprint density at radius 2 is 2.00 bits per heavy atom. The van der Waals surface area contributed by atoms with Crippen molar-refractivity contribution in [1.29, 1.82) is 0 Å². The van der Waals surface area contributed by atoms with E-state index in [1.54, 1.807) is 0 Å². The van der Waals surface area contributed by atoms with Crippen molar-refractivity contribution in [1.82, 2.24) is 4.90 Å². The van der Waals surface area contributed by atoms with Gasteiger partial charge in [-0.1, -0.05) is 0 Å². The zero-order chi connectivity index (χ0) is 9.97. The molecule has 2 heterocycles. The van der Waals surface area contributed by atoms with Crippen molar-refractivity contribution < 1.29 is 9.84 Å². The lowest BCUT2D eigenvalue weighted by molar-refractivity contribution is 0.0117. The summed E-state index contributed by atoms with van der Waals surface area (Å²) in [5.41, 5.74) is 5.83. The predicted molar refractivity (Wildman–Crippen MR) is 54.0 cm³/mol. The van der Waals surface area contributed by atoms with Crippen molar-refractivity contribution in [3.05, 3.63) is 0 Å². The number of ether oxygens (including phenoxy) is 1. The molecule has 2 aliphatic rings.